The van der Waals surface area contributed by atoms with Gasteiger partial charge in [-0.05, 0) is 63.3 Å². The summed E-state index contributed by atoms with van der Waals surface area (Å²) in [4.78, 5) is 13.0. The first kappa shape index (κ1) is 12.1. The van der Waals surface area contributed by atoms with Crippen molar-refractivity contribution >= 4 is 33.0 Å². The Hall–Kier alpha value is -0.930. The largest absolute Gasteiger partial charge is 0.293 e. The van der Waals surface area contributed by atoms with Crippen LogP contribution in [0.15, 0.2) is 34.1 Å². The number of thiophene rings is 1. The molecule has 1 nitrogen and oxygen atoms in total. The molecule has 0 fully saturated rings. The van der Waals surface area contributed by atoms with E-state index in [2.05, 4.69) is 34.1 Å². The fraction of sp³-hybridized carbons (Fsp3) is 0.267. The Morgan fingerprint density at radius 3 is 2.83 bits per heavy atom. The number of benzene rings is 1. The van der Waals surface area contributed by atoms with E-state index in [0.29, 0.717) is 6.42 Å². The summed E-state index contributed by atoms with van der Waals surface area (Å²) in [6.45, 7) is 0. The van der Waals surface area contributed by atoms with Crippen LogP contribution >= 0.6 is 27.3 Å². The van der Waals surface area contributed by atoms with Crippen LogP contribution in [-0.2, 0) is 19.3 Å². The standard InChI is InChI=1S/C15H13BrOS/c16-13-6-7-18-15(13)14(17)9-10-4-5-11-2-1-3-12(11)8-10/h4-8H,1-3,9H2. The van der Waals surface area contributed by atoms with Crippen LogP contribution in [0.25, 0.3) is 0 Å². The van der Waals surface area contributed by atoms with Gasteiger partial charge in [-0.1, -0.05) is 18.2 Å². The third-order valence-electron chi connectivity index (χ3n) is 3.40. The summed E-state index contributed by atoms with van der Waals surface area (Å²) in [7, 11) is 0. The summed E-state index contributed by atoms with van der Waals surface area (Å²) >= 11 is 4.93. The van der Waals surface area contributed by atoms with Crippen molar-refractivity contribution in [3.63, 3.8) is 0 Å². The molecule has 0 aliphatic heterocycles. The highest BCUT2D eigenvalue weighted by atomic mass is 79.9. The average Bonchev–Trinajstić information content (AvgIpc) is 2.96. The normalized spacial score (nSPS) is 13.6. The second-order valence-corrected chi connectivity index (χ2v) is 6.42. The topological polar surface area (TPSA) is 17.1 Å². The smallest absolute Gasteiger partial charge is 0.178 e. The summed E-state index contributed by atoms with van der Waals surface area (Å²) in [5, 5.41) is 1.94. The van der Waals surface area contributed by atoms with E-state index in [1.54, 1.807) is 0 Å². The van der Waals surface area contributed by atoms with Gasteiger partial charge in [-0.3, -0.25) is 4.79 Å². The molecule has 1 aliphatic carbocycles. The van der Waals surface area contributed by atoms with E-state index in [4.69, 9.17) is 0 Å². The molecule has 0 saturated heterocycles. The molecule has 1 aromatic carbocycles. The quantitative estimate of drug-likeness (QED) is 0.765. The molecule has 0 N–H and O–H groups in total. The Bertz CT molecular complexity index is 600. The summed E-state index contributed by atoms with van der Waals surface area (Å²) < 4.78 is 0.915. The Labute approximate surface area is 119 Å². The van der Waals surface area contributed by atoms with Crippen LogP contribution in [0.5, 0.6) is 0 Å². The highest BCUT2D eigenvalue weighted by Gasteiger charge is 2.15. The lowest BCUT2D eigenvalue weighted by Crippen LogP contribution is -2.02. The molecule has 3 rings (SSSR count). The minimum absolute atomic E-state index is 0.204. The van der Waals surface area contributed by atoms with Gasteiger partial charge in [-0.15, -0.1) is 11.3 Å². The second-order valence-electron chi connectivity index (χ2n) is 4.65. The Balaban J connectivity index is 1.81. The predicted octanol–water partition coefficient (Wildman–Crippen LogP) is 4.42. The number of aryl methyl sites for hydroxylation is 2. The number of halogens is 1. The lowest BCUT2D eigenvalue weighted by molar-refractivity contribution is 0.0996. The lowest BCUT2D eigenvalue weighted by Gasteiger charge is -2.04. The van der Waals surface area contributed by atoms with Crippen LogP contribution in [0, 0.1) is 0 Å². The molecule has 0 unspecified atom stereocenters. The number of rotatable bonds is 3. The zero-order valence-electron chi connectivity index (χ0n) is 9.91. The molecule has 18 heavy (non-hydrogen) atoms. The van der Waals surface area contributed by atoms with Crippen LogP contribution in [0.3, 0.4) is 0 Å². The Morgan fingerprint density at radius 2 is 2.06 bits per heavy atom. The van der Waals surface area contributed by atoms with Gasteiger partial charge in [0.15, 0.2) is 5.78 Å². The van der Waals surface area contributed by atoms with Crippen molar-refractivity contribution in [2.24, 2.45) is 0 Å². The van der Waals surface area contributed by atoms with Gasteiger partial charge >= 0.3 is 0 Å². The molecule has 1 heterocycles. The monoisotopic (exact) mass is 320 g/mol. The van der Waals surface area contributed by atoms with Gasteiger partial charge in [0, 0.05) is 10.9 Å². The van der Waals surface area contributed by atoms with Crippen molar-refractivity contribution in [2.75, 3.05) is 0 Å². The van der Waals surface area contributed by atoms with E-state index >= 15 is 0 Å². The molecule has 0 saturated carbocycles. The van der Waals surface area contributed by atoms with Crippen molar-refractivity contribution in [2.45, 2.75) is 25.7 Å². The number of hydrogen-bond donors (Lipinski definition) is 0. The second kappa shape index (κ2) is 4.98. The third-order valence-corrected chi connectivity index (χ3v) is 5.28. The van der Waals surface area contributed by atoms with Gasteiger partial charge in [-0.25, -0.2) is 0 Å². The van der Waals surface area contributed by atoms with Gasteiger partial charge in [-0.2, -0.15) is 0 Å². The number of fused-ring (bicyclic) bond motifs is 1. The van der Waals surface area contributed by atoms with Crippen LogP contribution in [-0.4, -0.2) is 5.78 Å². The molecule has 0 atom stereocenters. The average molecular weight is 321 g/mol. The van der Waals surface area contributed by atoms with Crippen LogP contribution < -0.4 is 0 Å². The summed E-state index contributed by atoms with van der Waals surface area (Å²) in [6, 6.07) is 8.43. The SMILES string of the molecule is O=C(Cc1ccc2c(c1)CCC2)c1sccc1Br. The van der Waals surface area contributed by atoms with E-state index in [1.165, 1.54) is 41.7 Å². The van der Waals surface area contributed by atoms with Gasteiger partial charge in [0.25, 0.3) is 0 Å². The molecule has 92 valence electrons. The maximum Gasteiger partial charge on any atom is 0.178 e. The first-order valence-electron chi connectivity index (χ1n) is 6.11. The molecule has 0 bridgehead atoms. The number of hydrogen-bond acceptors (Lipinski definition) is 2. The fourth-order valence-electron chi connectivity index (χ4n) is 2.49. The zero-order chi connectivity index (χ0) is 12.5. The lowest BCUT2D eigenvalue weighted by atomic mass is 10.0. The zero-order valence-corrected chi connectivity index (χ0v) is 12.3. The van der Waals surface area contributed by atoms with E-state index < -0.39 is 0 Å². The number of ketones is 1. The minimum Gasteiger partial charge on any atom is -0.293 e. The maximum atomic E-state index is 12.2. The maximum absolute atomic E-state index is 12.2. The van der Waals surface area contributed by atoms with Crippen LogP contribution in [0.4, 0.5) is 0 Å². The van der Waals surface area contributed by atoms with E-state index in [-0.39, 0.29) is 5.78 Å². The summed E-state index contributed by atoms with van der Waals surface area (Å²) in [5.74, 6) is 0.204. The Morgan fingerprint density at radius 1 is 1.22 bits per heavy atom. The first-order valence-corrected chi connectivity index (χ1v) is 7.78. The highest BCUT2D eigenvalue weighted by molar-refractivity contribution is 9.10. The van der Waals surface area contributed by atoms with Gasteiger partial charge < -0.3 is 0 Å². The van der Waals surface area contributed by atoms with Crippen molar-refractivity contribution in [3.8, 4) is 0 Å². The Kier molecular flexibility index (Phi) is 3.35. The first-order chi connectivity index (χ1) is 8.74. The molecule has 0 spiro atoms. The van der Waals surface area contributed by atoms with E-state index in [9.17, 15) is 4.79 Å². The van der Waals surface area contributed by atoms with Gasteiger partial charge in [0.2, 0.25) is 0 Å². The molecule has 1 aliphatic rings. The van der Waals surface area contributed by atoms with E-state index in [1.807, 2.05) is 11.4 Å². The van der Waals surface area contributed by atoms with E-state index in [0.717, 1.165) is 14.9 Å². The molecular weight excluding hydrogens is 308 g/mol. The molecule has 0 radical (unpaired) electrons. The fourth-order valence-corrected chi connectivity index (χ4v) is 4.03. The van der Waals surface area contributed by atoms with Crippen molar-refractivity contribution in [3.05, 3.63) is 55.7 Å². The van der Waals surface area contributed by atoms with Crippen molar-refractivity contribution < 1.29 is 4.79 Å². The summed E-state index contributed by atoms with van der Waals surface area (Å²) in [6.07, 6.45) is 4.12. The number of carbonyl (C=O) groups is 1. The van der Waals surface area contributed by atoms with Crippen LogP contribution in [0.1, 0.15) is 32.8 Å². The molecule has 3 heteroatoms. The number of Topliss-reactive ketones (excluding diaryl/α,β-unsaturated/α-hetero) is 1. The highest BCUT2D eigenvalue weighted by Crippen LogP contribution is 2.26. The molecule has 2 aromatic rings. The van der Waals surface area contributed by atoms with Crippen molar-refractivity contribution in [1.29, 1.82) is 0 Å². The number of carbonyl (C=O) groups excluding carboxylic acids is 1. The third kappa shape index (κ3) is 2.29. The predicted molar refractivity (Wildman–Crippen MR) is 78.5 cm³/mol. The molecule has 0 amide bonds. The van der Waals surface area contributed by atoms with Crippen molar-refractivity contribution in [1.82, 2.24) is 0 Å². The minimum atomic E-state index is 0.204. The molecule has 1 aromatic heterocycles. The van der Waals surface area contributed by atoms with Crippen LogP contribution in [0.2, 0.25) is 0 Å². The molecular formula is C15H13BrOS. The van der Waals surface area contributed by atoms with Gasteiger partial charge in [0.05, 0.1) is 4.88 Å². The summed E-state index contributed by atoms with van der Waals surface area (Å²) in [5.41, 5.74) is 4.04. The van der Waals surface area contributed by atoms with Gasteiger partial charge in [0.1, 0.15) is 0 Å².